The molecule has 1 aromatic heterocycles. The zero-order valence-electron chi connectivity index (χ0n) is 15.0. The lowest BCUT2D eigenvalue weighted by Crippen LogP contribution is -2.54. The van der Waals surface area contributed by atoms with Crippen LogP contribution in [0, 0.1) is 11.3 Å². The van der Waals surface area contributed by atoms with Crippen LogP contribution in [0.25, 0.3) is 0 Å². The predicted molar refractivity (Wildman–Crippen MR) is 97.1 cm³/mol. The first-order valence-corrected chi connectivity index (χ1v) is 10.3. The third-order valence-electron chi connectivity index (χ3n) is 5.32. The number of nitriles is 1. The number of rotatable bonds is 3. The van der Waals surface area contributed by atoms with E-state index in [-0.39, 0.29) is 18.0 Å². The molecule has 0 saturated carbocycles. The van der Waals surface area contributed by atoms with Crippen molar-refractivity contribution < 1.29 is 17.9 Å². The summed E-state index contributed by atoms with van der Waals surface area (Å²) in [5, 5.41) is 8.88. The second-order valence-corrected chi connectivity index (χ2v) is 8.88. The fraction of sp³-hybridized carbons (Fsp3) is 0.389. The Morgan fingerprint density at radius 2 is 1.96 bits per heavy atom. The summed E-state index contributed by atoms with van der Waals surface area (Å²) in [5.41, 5.74) is 5.02. The number of piperidine rings is 1. The van der Waals surface area contributed by atoms with Crippen molar-refractivity contribution in [3.8, 4) is 6.07 Å². The van der Waals surface area contributed by atoms with Crippen LogP contribution in [0.5, 0.6) is 0 Å². The Bertz CT molecular complexity index is 1050. The fourth-order valence-electron chi connectivity index (χ4n) is 3.82. The van der Waals surface area contributed by atoms with Crippen LogP contribution >= 0.6 is 0 Å². The van der Waals surface area contributed by atoms with Gasteiger partial charge >= 0.3 is 0 Å². The van der Waals surface area contributed by atoms with Crippen LogP contribution in [0.1, 0.15) is 24.2 Å². The van der Waals surface area contributed by atoms with Crippen LogP contribution < -0.4 is 5.73 Å². The highest BCUT2D eigenvalue weighted by Gasteiger charge is 2.48. The van der Waals surface area contributed by atoms with Crippen molar-refractivity contribution in [3.63, 3.8) is 0 Å². The molecule has 9 nitrogen and oxygen atoms in total. The first-order valence-electron chi connectivity index (χ1n) is 8.85. The van der Waals surface area contributed by atoms with Gasteiger partial charge in [-0.05, 0) is 37.1 Å². The van der Waals surface area contributed by atoms with Crippen LogP contribution in [-0.4, -0.2) is 47.4 Å². The smallest absolute Gasteiger partial charge is 0.248 e. The Balaban J connectivity index is 1.57. The van der Waals surface area contributed by atoms with Gasteiger partial charge in [0.15, 0.2) is 6.10 Å². The number of benzene rings is 1. The van der Waals surface area contributed by atoms with Crippen LogP contribution in [0.2, 0.25) is 0 Å². The molecule has 1 atom stereocenters. The van der Waals surface area contributed by atoms with Gasteiger partial charge < -0.3 is 15.0 Å². The van der Waals surface area contributed by atoms with Gasteiger partial charge in [-0.15, -0.1) is 0 Å². The molecule has 1 aromatic carbocycles. The van der Waals surface area contributed by atoms with Crippen LogP contribution in [0.3, 0.4) is 0 Å². The molecule has 10 heteroatoms. The maximum absolute atomic E-state index is 12.9. The van der Waals surface area contributed by atoms with Gasteiger partial charge in [-0.25, -0.2) is 13.4 Å². The highest BCUT2D eigenvalue weighted by atomic mass is 32.2. The molecule has 1 fully saturated rings. The van der Waals surface area contributed by atoms with E-state index in [1.807, 2.05) is 10.6 Å². The van der Waals surface area contributed by atoms with Crippen molar-refractivity contribution in [2.45, 2.75) is 36.0 Å². The molecule has 1 amide bonds. The number of amides is 1. The average molecular weight is 401 g/mol. The lowest BCUT2D eigenvalue weighted by molar-refractivity contribution is -0.168. The number of hydrogen-bond acceptors (Lipinski definition) is 6. The van der Waals surface area contributed by atoms with Crippen molar-refractivity contribution in [2.24, 2.45) is 5.73 Å². The summed E-state index contributed by atoms with van der Waals surface area (Å²) in [6, 6.07) is 7.81. The minimum absolute atomic E-state index is 0.142. The van der Waals surface area contributed by atoms with Crippen molar-refractivity contribution in [1.29, 1.82) is 5.26 Å². The Kier molecular flexibility index (Phi) is 4.45. The molecular formula is C18H19N5O4S. The number of carbonyl (C=O) groups excluding carboxylic acids is 1. The number of ether oxygens (including phenoxy) is 1. The average Bonchev–Trinajstić information content (AvgIpc) is 3.18. The number of primary amides is 1. The first kappa shape index (κ1) is 18.6. The lowest BCUT2D eigenvalue weighted by Gasteiger charge is -2.44. The minimum Gasteiger partial charge on any atom is -0.367 e. The molecule has 1 spiro atoms. The van der Waals surface area contributed by atoms with Gasteiger partial charge in [0.05, 0.1) is 23.1 Å². The van der Waals surface area contributed by atoms with Gasteiger partial charge in [-0.1, -0.05) is 0 Å². The van der Waals surface area contributed by atoms with E-state index in [4.69, 9.17) is 15.7 Å². The van der Waals surface area contributed by atoms with E-state index >= 15 is 0 Å². The van der Waals surface area contributed by atoms with E-state index in [1.54, 1.807) is 12.4 Å². The SMILES string of the molecule is N#Cc1ccc(S(=O)(=O)N2CCC3(CC2)O[C@@H](C(N)=O)Cn2ccnc23)cc1. The molecule has 146 valence electrons. The normalized spacial score (nSPS) is 21.8. The summed E-state index contributed by atoms with van der Waals surface area (Å²) in [7, 11) is -3.69. The molecule has 28 heavy (non-hydrogen) atoms. The summed E-state index contributed by atoms with van der Waals surface area (Å²) >= 11 is 0. The molecule has 4 rings (SSSR count). The first-order chi connectivity index (χ1) is 13.4. The van der Waals surface area contributed by atoms with Crippen molar-refractivity contribution in [2.75, 3.05) is 13.1 Å². The number of sulfonamides is 1. The molecule has 0 radical (unpaired) electrons. The number of nitrogens with zero attached hydrogens (tertiary/aromatic N) is 4. The second-order valence-electron chi connectivity index (χ2n) is 6.95. The Hall–Kier alpha value is -2.74. The molecule has 0 unspecified atom stereocenters. The molecule has 2 N–H and O–H groups in total. The third-order valence-corrected chi connectivity index (χ3v) is 7.23. The van der Waals surface area contributed by atoms with Gasteiger partial charge in [0.1, 0.15) is 11.4 Å². The largest absolute Gasteiger partial charge is 0.367 e. The molecule has 1 saturated heterocycles. The minimum atomic E-state index is -3.69. The van der Waals surface area contributed by atoms with Gasteiger partial charge in [-0.2, -0.15) is 9.57 Å². The standard InChI is InChI=1S/C18H19N5O4S/c19-11-13-1-3-14(4-2-13)28(25,26)23-8-5-18(6-9-23)17-21-7-10-22(17)12-15(27-18)16(20)24/h1-4,7,10,15H,5-6,8-9,12H2,(H2,20,24)/t15-/m1/s1. The van der Waals surface area contributed by atoms with Crippen LogP contribution in [-0.2, 0) is 31.7 Å². The third kappa shape index (κ3) is 2.97. The summed E-state index contributed by atoms with van der Waals surface area (Å²) < 4.78 is 35.2. The summed E-state index contributed by atoms with van der Waals surface area (Å²) in [6.07, 6.45) is 3.37. The van der Waals surface area contributed by atoms with E-state index < -0.39 is 27.6 Å². The quantitative estimate of drug-likeness (QED) is 0.788. The zero-order chi connectivity index (χ0) is 19.9. The molecule has 2 aliphatic heterocycles. The maximum atomic E-state index is 12.9. The highest BCUT2D eigenvalue weighted by molar-refractivity contribution is 7.89. The van der Waals surface area contributed by atoms with Crippen LogP contribution in [0.4, 0.5) is 0 Å². The van der Waals surface area contributed by atoms with E-state index in [2.05, 4.69) is 4.98 Å². The molecular weight excluding hydrogens is 382 g/mol. The van der Waals surface area contributed by atoms with Crippen molar-refractivity contribution in [1.82, 2.24) is 13.9 Å². The second kappa shape index (κ2) is 6.70. The maximum Gasteiger partial charge on any atom is 0.248 e. The van der Waals surface area contributed by atoms with Crippen molar-refractivity contribution in [3.05, 3.63) is 48.0 Å². The van der Waals surface area contributed by atoms with Crippen LogP contribution in [0.15, 0.2) is 41.6 Å². The Morgan fingerprint density at radius 1 is 1.29 bits per heavy atom. The Morgan fingerprint density at radius 3 is 2.57 bits per heavy atom. The topological polar surface area (TPSA) is 131 Å². The summed E-state index contributed by atoms with van der Waals surface area (Å²) in [6.45, 7) is 0.751. The highest BCUT2D eigenvalue weighted by Crippen LogP contribution is 2.41. The fourth-order valence-corrected chi connectivity index (χ4v) is 5.27. The monoisotopic (exact) mass is 401 g/mol. The lowest BCUT2D eigenvalue weighted by atomic mass is 9.89. The number of hydrogen-bond donors (Lipinski definition) is 1. The number of carbonyl (C=O) groups is 1. The molecule has 0 aliphatic carbocycles. The van der Waals surface area contributed by atoms with E-state index in [1.165, 1.54) is 28.6 Å². The summed E-state index contributed by atoms with van der Waals surface area (Å²) in [5.74, 6) is 0.145. The molecule has 0 bridgehead atoms. The van der Waals surface area contributed by atoms with Gasteiger partial charge in [0.25, 0.3) is 0 Å². The van der Waals surface area contributed by atoms with E-state index in [0.29, 0.717) is 30.8 Å². The van der Waals surface area contributed by atoms with Crippen molar-refractivity contribution >= 4 is 15.9 Å². The molecule has 3 heterocycles. The van der Waals surface area contributed by atoms with Gasteiger partial charge in [0, 0.05) is 25.5 Å². The Labute approximate surface area is 162 Å². The number of nitrogens with two attached hydrogens (primary N) is 1. The molecule has 2 aromatic rings. The number of imidazole rings is 1. The summed E-state index contributed by atoms with van der Waals surface area (Å²) in [4.78, 5) is 16.2. The van der Waals surface area contributed by atoms with E-state index in [0.717, 1.165) is 0 Å². The molecule has 2 aliphatic rings. The zero-order valence-corrected chi connectivity index (χ0v) is 15.8. The number of aromatic nitrogens is 2. The van der Waals surface area contributed by atoms with Gasteiger partial charge in [-0.3, -0.25) is 4.79 Å². The number of fused-ring (bicyclic) bond motifs is 2. The van der Waals surface area contributed by atoms with E-state index in [9.17, 15) is 13.2 Å². The van der Waals surface area contributed by atoms with Gasteiger partial charge in [0.2, 0.25) is 15.9 Å². The predicted octanol–water partition coefficient (Wildman–Crippen LogP) is 0.319.